The molecule has 2 amide bonds. The number of nitrogens with zero attached hydrogens (tertiary/aromatic N) is 2. The van der Waals surface area contributed by atoms with Crippen molar-refractivity contribution in [2.45, 2.75) is 45.4 Å². The number of carbonyl (C=O) groups excluding carboxylic acids is 2. The minimum Gasteiger partial charge on any atom is -0.281 e. The molecule has 0 N–H and O–H groups in total. The number of rotatable bonds is 2. The first-order chi connectivity index (χ1) is 8.06. The van der Waals surface area contributed by atoms with Crippen molar-refractivity contribution in [1.29, 1.82) is 5.26 Å². The molecule has 17 heavy (non-hydrogen) atoms. The lowest BCUT2D eigenvalue weighted by molar-refractivity contribution is -0.153. The molecule has 4 heteroatoms. The predicted molar refractivity (Wildman–Crippen MR) is 61.6 cm³/mol. The van der Waals surface area contributed by atoms with E-state index in [2.05, 4.69) is 6.07 Å². The van der Waals surface area contributed by atoms with Crippen molar-refractivity contribution in [2.24, 2.45) is 11.3 Å². The lowest BCUT2D eigenvalue weighted by Crippen LogP contribution is -2.48. The van der Waals surface area contributed by atoms with E-state index >= 15 is 0 Å². The molecule has 0 aromatic rings. The number of piperidine rings is 1. The fraction of sp³-hybridized carbons (Fsp3) is 0.769. The first-order valence-electron chi connectivity index (χ1n) is 6.29. The zero-order valence-electron chi connectivity index (χ0n) is 10.2. The highest BCUT2D eigenvalue weighted by Crippen LogP contribution is 2.46. The summed E-state index contributed by atoms with van der Waals surface area (Å²) >= 11 is 0. The van der Waals surface area contributed by atoms with Crippen LogP contribution < -0.4 is 0 Å². The van der Waals surface area contributed by atoms with Crippen LogP contribution >= 0.6 is 0 Å². The van der Waals surface area contributed by atoms with Crippen LogP contribution in [0.15, 0.2) is 0 Å². The summed E-state index contributed by atoms with van der Waals surface area (Å²) < 4.78 is 0. The monoisotopic (exact) mass is 234 g/mol. The third kappa shape index (κ3) is 2.33. The maximum atomic E-state index is 12.0. The Balaban J connectivity index is 2.06. The second-order valence-corrected chi connectivity index (χ2v) is 5.49. The normalized spacial score (nSPS) is 25.1. The van der Waals surface area contributed by atoms with Gasteiger partial charge in [0.1, 0.15) is 0 Å². The fourth-order valence-corrected chi connectivity index (χ4v) is 3.03. The minimum absolute atomic E-state index is 0.0411. The van der Waals surface area contributed by atoms with Crippen LogP contribution in [0.2, 0.25) is 0 Å². The third-order valence-corrected chi connectivity index (χ3v) is 4.00. The number of hydrogen-bond acceptors (Lipinski definition) is 3. The number of likely N-dealkylation sites (tertiary alicyclic amines) is 1. The Hall–Kier alpha value is -1.37. The summed E-state index contributed by atoms with van der Waals surface area (Å²) in [5, 5.41) is 8.74. The molecule has 0 aromatic carbocycles. The summed E-state index contributed by atoms with van der Waals surface area (Å²) in [6.07, 6.45) is 5.27. The molecule has 0 radical (unpaired) electrons. The first-order valence-corrected chi connectivity index (χ1v) is 6.29. The number of amides is 2. The Bertz CT molecular complexity index is 357. The van der Waals surface area contributed by atoms with Gasteiger partial charge in [-0.2, -0.15) is 5.26 Å². The van der Waals surface area contributed by atoms with Gasteiger partial charge in [0.05, 0.1) is 12.0 Å². The molecule has 1 heterocycles. The van der Waals surface area contributed by atoms with Gasteiger partial charge in [0.25, 0.3) is 0 Å². The third-order valence-electron chi connectivity index (χ3n) is 4.00. The summed E-state index contributed by atoms with van der Waals surface area (Å²) in [5.41, 5.74) is -0.0411. The maximum absolute atomic E-state index is 12.0. The van der Waals surface area contributed by atoms with Gasteiger partial charge in [-0.25, -0.2) is 0 Å². The topological polar surface area (TPSA) is 61.2 Å². The summed E-state index contributed by atoms with van der Waals surface area (Å²) in [6, 6.07) is 2.07. The summed E-state index contributed by atoms with van der Waals surface area (Å²) in [4.78, 5) is 25.3. The highest BCUT2D eigenvalue weighted by atomic mass is 16.2. The van der Waals surface area contributed by atoms with Gasteiger partial charge in [0.15, 0.2) is 0 Å². The van der Waals surface area contributed by atoms with E-state index in [1.54, 1.807) is 6.92 Å². The number of hydrogen-bond donors (Lipinski definition) is 0. The Kier molecular flexibility index (Phi) is 3.19. The number of carbonyl (C=O) groups is 2. The largest absolute Gasteiger partial charge is 0.281 e. The summed E-state index contributed by atoms with van der Waals surface area (Å²) in [6.45, 7) is 1.99. The molecule has 1 saturated heterocycles. The number of imide groups is 1. The van der Waals surface area contributed by atoms with Crippen LogP contribution in [0.5, 0.6) is 0 Å². The second-order valence-electron chi connectivity index (χ2n) is 5.49. The summed E-state index contributed by atoms with van der Waals surface area (Å²) in [7, 11) is 0. The molecule has 1 atom stereocenters. The zero-order chi connectivity index (χ0) is 12.5. The molecule has 92 valence electrons. The van der Waals surface area contributed by atoms with Gasteiger partial charge in [-0.05, 0) is 25.2 Å². The van der Waals surface area contributed by atoms with E-state index in [1.165, 1.54) is 4.90 Å². The van der Waals surface area contributed by atoms with Crippen molar-refractivity contribution in [3.05, 3.63) is 0 Å². The molecule has 2 rings (SSSR count). The molecule has 1 unspecified atom stereocenters. The van der Waals surface area contributed by atoms with E-state index < -0.39 is 0 Å². The standard InChI is InChI=1S/C13H18N2O2/c1-10(8-14)9-15-11(16)6-13(7-12(15)17)4-2-3-5-13/h10H,2-7,9H2,1H3. The maximum Gasteiger partial charge on any atom is 0.229 e. The average Bonchev–Trinajstić information content (AvgIpc) is 2.71. The van der Waals surface area contributed by atoms with Crippen LogP contribution in [0.25, 0.3) is 0 Å². The SMILES string of the molecule is CC(C#N)CN1C(=O)CC2(CCCC2)CC1=O. The smallest absolute Gasteiger partial charge is 0.229 e. The van der Waals surface area contributed by atoms with E-state index in [4.69, 9.17) is 5.26 Å². The molecule has 0 aromatic heterocycles. The Labute approximate surface area is 102 Å². The van der Waals surface area contributed by atoms with E-state index in [9.17, 15) is 9.59 Å². The molecule has 2 fully saturated rings. The molecular formula is C13H18N2O2. The van der Waals surface area contributed by atoms with Crippen LogP contribution in [-0.2, 0) is 9.59 Å². The first kappa shape index (κ1) is 12.1. The van der Waals surface area contributed by atoms with Crippen molar-refractivity contribution in [3.8, 4) is 6.07 Å². The molecular weight excluding hydrogens is 216 g/mol. The second kappa shape index (κ2) is 4.48. The van der Waals surface area contributed by atoms with Gasteiger partial charge in [-0.1, -0.05) is 12.8 Å². The van der Waals surface area contributed by atoms with E-state index in [-0.39, 0.29) is 29.7 Å². The van der Waals surface area contributed by atoms with Crippen LogP contribution in [0.3, 0.4) is 0 Å². The van der Waals surface area contributed by atoms with Crippen molar-refractivity contribution in [1.82, 2.24) is 4.90 Å². The van der Waals surface area contributed by atoms with E-state index in [1.807, 2.05) is 0 Å². The molecule has 1 aliphatic heterocycles. The number of nitriles is 1. The van der Waals surface area contributed by atoms with Crippen LogP contribution in [0.4, 0.5) is 0 Å². The van der Waals surface area contributed by atoms with Gasteiger partial charge in [-0.3, -0.25) is 14.5 Å². The fourth-order valence-electron chi connectivity index (χ4n) is 3.03. The van der Waals surface area contributed by atoms with Crippen LogP contribution in [-0.4, -0.2) is 23.3 Å². The van der Waals surface area contributed by atoms with Crippen LogP contribution in [0, 0.1) is 22.7 Å². The van der Waals surface area contributed by atoms with Gasteiger partial charge in [0, 0.05) is 19.4 Å². The minimum atomic E-state index is -0.277. The Morgan fingerprint density at radius 2 is 1.82 bits per heavy atom. The molecule has 2 aliphatic rings. The lowest BCUT2D eigenvalue weighted by Gasteiger charge is -2.37. The van der Waals surface area contributed by atoms with Crippen molar-refractivity contribution >= 4 is 11.8 Å². The lowest BCUT2D eigenvalue weighted by atomic mass is 9.76. The van der Waals surface area contributed by atoms with Crippen LogP contribution in [0.1, 0.15) is 45.4 Å². The van der Waals surface area contributed by atoms with Crippen molar-refractivity contribution in [2.75, 3.05) is 6.54 Å². The van der Waals surface area contributed by atoms with Gasteiger partial charge in [-0.15, -0.1) is 0 Å². The molecule has 4 nitrogen and oxygen atoms in total. The zero-order valence-corrected chi connectivity index (χ0v) is 10.2. The Morgan fingerprint density at radius 3 is 2.29 bits per heavy atom. The average molecular weight is 234 g/mol. The van der Waals surface area contributed by atoms with E-state index in [0.717, 1.165) is 25.7 Å². The van der Waals surface area contributed by atoms with Gasteiger partial charge in [0.2, 0.25) is 11.8 Å². The quantitative estimate of drug-likeness (QED) is 0.685. The van der Waals surface area contributed by atoms with E-state index in [0.29, 0.717) is 12.8 Å². The molecule has 1 saturated carbocycles. The summed E-state index contributed by atoms with van der Waals surface area (Å²) in [5.74, 6) is -0.434. The highest BCUT2D eigenvalue weighted by molar-refractivity contribution is 5.98. The van der Waals surface area contributed by atoms with Crippen molar-refractivity contribution in [3.63, 3.8) is 0 Å². The molecule has 1 aliphatic carbocycles. The highest BCUT2D eigenvalue weighted by Gasteiger charge is 2.45. The molecule has 0 bridgehead atoms. The van der Waals surface area contributed by atoms with Crippen molar-refractivity contribution < 1.29 is 9.59 Å². The molecule has 1 spiro atoms. The van der Waals surface area contributed by atoms with Gasteiger partial charge < -0.3 is 0 Å². The predicted octanol–water partition coefficient (Wildman–Crippen LogP) is 1.86. The van der Waals surface area contributed by atoms with Gasteiger partial charge >= 0.3 is 0 Å². The Morgan fingerprint density at radius 1 is 1.29 bits per heavy atom.